The Morgan fingerprint density at radius 2 is 1.36 bits per heavy atom. The van der Waals surface area contributed by atoms with Gasteiger partial charge >= 0.3 is 0 Å². The van der Waals surface area contributed by atoms with Crippen LogP contribution in [0, 0.1) is 11.8 Å². The molecule has 2 saturated heterocycles. The monoisotopic (exact) mass is 1740 g/mol. The van der Waals surface area contributed by atoms with Gasteiger partial charge in [-0.3, -0.25) is 47.9 Å². The number of nitrogens with one attached hydrogen (secondary N) is 7. The van der Waals surface area contributed by atoms with Gasteiger partial charge in [-0.1, -0.05) is 62.2 Å². The predicted octanol–water partition coefficient (Wildman–Crippen LogP) is 1.05. The minimum Gasteiger partial charge on any atom is -0.508 e. The van der Waals surface area contributed by atoms with Crippen molar-refractivity contribution in [3.63, 3.8) is 0 Å². The number of phenolic OH excluding ortho intramolecular Hbond substituents is 3. The Morgan fingerprint density at radius 1 is 0.705 bits per heavy atom. The minimum absolute atomic E-state index is 0.0526. The number of anilines is 1. The van der Waals surface area contributed by atoms with Gasteiger partial charge in [-0.2, -0.15) is 0 Å². The second-order valence-corrected chi connectivity index (χ2v) is 30.9. The van der Waals surface area contributed by atoms with Gasteiger partial charge in [-0.25, -0.2) is 0 Å². The molecule has 9 bridgehead atoms. The molecule has 0 radical (unpaired) electrons. The summed E-state index contributed by atoms with van der Waals surface area (Å²) < 4.78 is 54.6. The summed E-state index contributed by atoms with van der Waals surface area (Å²) in [4.78, 5) is 142. The number of methoxy groups -OCH3 is 1. The topological polar surface area (TPSA) is 644 Å². The third-order valence-electron chi connectivity index (χ3n) is 20.3. The number of halogens is 2. The maximum Gasteiger partial charge on any atom is 0.256 e. The number of ether oxygens (including phenoxy) is 9. The lowest BCUT2D eigenvalue weighted by Crippen LogP contribution is -2.64. The van der Waals surface area contributed by atoms with Crippen molar-refractivity contribution in [2.24, 2.45) is 34.8 Å². The number of aliphatic hydroxyl groups excluding tert-OH is 6. The Labute approximate surface area is 705 Å². The van der Waals surface area contributed by atoms with Crippen LogP contribution in [0.3, 0.4) is 0 Å². The molecule has 25 N–H and O–H groups in total. The number of aliphatic hydroxyl groups is 6. The molecule has 6 aliphatic rings. The molecule has 0 spiro atoms. The molecule has 40 nitrogen and oxygen atoms in total. The summed E-state index contributed by atoms with van der Waals surface area (Å²) in [5.41, 5.74) is 19.2. The van der Waals surface area contributed by atoms with Crippen LogP contribution in [0.1, 0.15) is 129 Å². The number of carbonyl (C=O) groups excluding carboxylic acids is 10. The normalized spacial score (nSPS) is 25.3. The molecule has 6 aromatic carbocycles. The van der Waals surface area contributed by atoms with Gasteiger partial charge in [0.1, 0.15) is 101 Å². The molecule has 12 rings (SSSR count). The van der Waals surface area contributed by atoms with Gasteiger partial charge in [0, 0.05) is 41.6 Å². The summed E-state index contributed by atoms with van der Waals surface area (Å²) in [6, 6.07) is 5.49. The van der Waals surface area contributed by atoms with E-state index in [0.717, 1.165) is 60.7 Å². The van der Waals surface area contributed by atoms with Crippen LogP contribution in [0.25, 0.3) is 11.1 Å². The van der Waals surface area contributed by atoms with E-state index >= 15 is 9.59 Å². The maximum absolute atomic E-state index is 16.0. The molecule has 6 heterocycles. The van der Waals surface area contributed by atoms with Crippen LogP contribution in [0.15, 0.2) is 91.0 Å². The fraction of sp³-hybridized carbons (Fsp3) is 0.425. The maximum atomic E-state index is 16.0. The molecule has 122 heavy (non-hydrogen) atoms. The summed E-state index contributed by atoms with van der Waals surface area (Å²) >= 11 is 14.2. The molecule has 10 amide bonds. The molecule has 0 saturated carbocycles. The van der Waals surface area contributed by atoms with E-state index in [0.29, 0.717) is 0 Å². The second-order valence-electron chi connectivity index (χ2n) is 30.1. The first kappa shape index (κ1) is 92.8. The Morgan fingerprint density at radius 3 is 1.98 bits per heavy atom. The van der Waals surface area contributed by atoms with Crippen molar-refractivity contribution in [3.8, 4) is 68.6 Å². The highest BCUT2D eigenvalue weighted by molar-refractivity contribution is 6.32. The van der Waals surface area contributed by atoms with Crippen LogP contribution < -0.4 is 79.1 Å². The fourth-order valence-electron chi connectivity index (χ4n) is 14.1. The van der Waals surface area contributed by atoms with Crippen LogP contribution in [-0.2, 0) is 66.8 Å². The van der Waals surface area contributed by atoms with Gasteiger partial charge in [-0.15, -0.1) is 0 Å². The van der Waals surface area contributed by atoms with Gasteiger partial charge < -0.3 is 154 Å². The Balaban J connectivity index is 1.10. The van der Waals surface area contributed by atoms with Crippen LogP contribution in [-0.4, -0.2) is 224 Å². The van der Waals surface area contributed by atoms with Crippen molar-refractivity contribution < 1.29 is 142 Å². The van der Waals surface area contributed by atoms with E-state index in [1.54, 1.807) is 6.92 Å². The number of rotatable bonds is 24. The molecule has 6 aromatic rings. The van der Waals surface area contributed by atoms with Crippen molar-refractivity contribution in [1.29, 1.82) is 0 Å². The number of fused-ring (bicyclic) bond motifs is 16. The zero-order chi connectivity index (χ0) is 89.2. The first-order valence-corrected chi connectivity index (χ1v) is 38.9. The summed E-state index contributed by atoms with van der Waals surface area (Å²) in [5.74, 6) is -18.4. The van der Waals surface area contributed by atoms with E-state index in [9.17, 15) is 89.4 Å². The van der Waals surface area contributed by atoms with E-state index in [4.69, 9.17) is 88.8 Å². The largest absolute Gasteiger partial charge is 0.508 e. The smallest absolute Gasteiger partial charge is 0.256 e. The number of hydrogen-bond acceptors (Lipinski definition) is 30. The van der Waals surface area contributed by atoms with Gasteiger partial charge in [-0.05, 0) is 121 Å². The highest BCUT2D eigenvalue weighted by atomic mass is 35.5. The molecular formula is C80H95Cl2N11O29. The number of carbonyl (C=O) groups is 10. The molecule has 42 heteroatoms. The van der Waals surface area contributed by atoms with E-state index in [-0.39, 0.29) is 89.6 Å². The van der Waals surface area contributed by atoms with Crippen molar-refractivity contribution >= 4 is 88.0 Å². The van der Waals surface area contributed by atoms with E-state index < -0.39 is 261 Å². The SMILES string of the molecule is COc1ccc(NC(=O)COCCOCCNC(=O)[C@@H]2NC(=O)C[C@H](O)c3ccc(c(Cl)c3)Oc3cc4cc(c3OC3O[C@@H](CO)[C@@H](O)[C@H](O)[C@@H]3O[C@@H]3C[C@](C)(N)[C@H](O)[C@@H](C)O3)Oc3ccc(cc3Cl)[C@@H](O)[C@@H](NC(=O)[C@H](C)CC(C)C)C(=O)N[C@@H](CC(N)=O)C(=O)N[C@H]4C(=O)N[C@@H](C(N)=O)c3ccc(O)c(c3)-c3c(O)cc(O)cc32)c(O)c1C(N)=O. The van der Waals surface area contributed by atoms with Crippen molar-refractivity contribution in [2.75, 3.05) is 52.0 Å². The molecule has 6 aliphatic heterocycles. The minimum atomic E-state index is -2.36. The number of primary amides is 3. The highest BCUT2D eigenvalue weighted by Gasteiger charge is 2.51. The van der Waals surface area contributed by atoms with Crippen molar-refractivity contribution in [3.05, 3.63) is 134 Å². The number of aromatic hydroxyl groups is 4. The summed E-state index contributed by atoms with van der Waals surface area (Å²) in [7, 11) is 1.24. The van der Waals surface area contributed by atoms with Crippen molar-refractivity contribution in [2.45, 2.75) is 157 Å². The first-order valence-electron chi connectivity index (χ1n) is 38.1. The zero-order valence-electron chi connectivity index (χ0n) is 66.3. The summed E-state index contributed by atoms with van der Waals surface area (Å²) in [5, 5.41) is 132. The summed E-state index contributed by atoms with van der Waals surface area (Å²) in [6.45, 7) is 5.52. The Bertz CT molecular complexity index is 4950. The Hall–Kier alpha value is -11.5. The fourth-order valence-corrected chi connectivity index (χ4v) is 14.6. The van der Waals surface area contributed by atoms with Gasteiger partial charge in [0.2, 0.25) is 65.2 Å². The number of hydrogen-bond donors (Lipinski definition) is 21. The number of nitrogens with two attached hydrogens (primary N) is 4. The summed E-state index contributed by atoms with van der Waals surface area (Å²) in [6.07, 6.45) is -19.3. The Kier molecular flexibility index (Phi) is 30.4. The lowest BCUT2D eigenvalue weighted by atomic mass is 9.86. The number of phenols is 4. The third-order valence-corrected chi connectivity index (χ3v) is 20.9. The lowest BCUT2D eigenvalue weighted by Gasteiger charge is -2.47. The van der Waals surface area contributed by atoms with Gasteiger partial charge in [0.05, 0.1) is 80.4 Å². The number of amides is 10. The molecule has 2 fully saturated rings. The lowest BCUT2D eigenvalue weighted by molar-refractivity contribution is -0.333. The van der Waals surface area contributed by atoms with E-state index in [2.05, 4.69) is 37.2 Å². The van der Waals surface area contributed by atoms with E-state index in [1.807, 2.05) is 13.8 Å². The van der Waals surface area contributed by atoms with Gasteiger partial charge in [0.25, 0.3) is 5.91 Å². The van der Waals surface area contributed by atoms with Gasteiger partial charge in [0.15, 0.2) is 29.6 Å². The molecule has 658 valence electrons. The van der Waals surface area contributed by atoms with Crippen LogP contribution in [0.5, 0.6) is 57.5 Å². The first-order chi connectivity index (χ1) is 57.7. The number of benzene rings is 6. The average Bonchev–Trinajstić information content (AvgIpc) is 0.776. The molecule has 0 aromatic heterocycles. The van der Waals surface area contributed by atoms with E-state index in [1.165, 1.54) is 51.3 Å². The average molecular weight is 1750 g/mol. The van der Waals surface area contributed by atoms with Crippen LogP contribution in [0.4, 0.5) is 5.69 Å². The predicted molar refractivity (Wildman–Crippen MR) is 426 cm³/mol. The highest BCUT2D eigenvalue weighted by Crippen LogP contribution is 2.50. The zero-order valence-corrected chi connectivity index (χ0v) is 67.9. The molecule has 17 atom stereocenters. The van der Waals surface area contributed by atoms with Crippen LogP contribution in [0.2, 0.25) is 10.0 Å². The third kappa shape index (κ3) is 22.1. The molecular weight excluding hydrogens is 1650 g/mol. The molecule has 1 unspecified atom stereocenters. The quantitative estimate of drug-likeness (QED) is 0.0297. The second kappa shape index (κ2) is 40.0. The standard InChI is InChI=1S/C80H95Cl2N11O29/c1-32(2)19-33(3)74(109)93-64-65(102)37-9-13-50(43(82)22-37)119-53-24-38-23-52(69(53)122-79-70(68(105)67(104)54(30-94)120-79)121-58-29-80(5,86)71(106)34(4)117-58)118-49-12-8-35(21-42(49)81)47(97)28-56(100)90-63(76(111)87-15-16-115-17-18-116-31-57(101)88-44-10-14-51(114-6)60(66(44)103)72(84)107)41-25-39(95)26-48(98)59(41)40-20-36(7-11-46(40)96)61(73(85)108)91-77(112)62(38)92-75(110)45(27-55(83)99)89-78(64)113/h7-14,20-26,32-34,45,47,54,58,61-65,67-68,70-71,79,94-98,102-106H,15-19,27-31,86H2,1-6H3,(H2,83,99)(H2,84,107)(H2,85,108)(H,87,111)(H,88,101)(H,89,113)(H,90,100)(H,91,112)(H,92,110)(H,93,109)/t33-,34-,45+,47+,54+,58-,61-,62-,63-,64-,65-,67-,68+,70+,71-,79?,80+/m1/s1. The van der Waals surface area contributed by atoms with Crippen molar-refractivity contribution in [1.82, 2.24) is 31.9 Å². The molecule has 0 aliphatic carbocycles. The van der Waals surface area contributed by atoms with Crippen LogP contribution >= 0.6 is 23.2 Å².